The summed E-state index contributed by atoms with van der Waals surface area (Å²) in [6.45, 7) is 6.74. The number of carbonyl (C=O) groups excluding carboxylic acids is 1. The Morgan fingerprint density at radius 1 is 1.17 bits per heavy atom. The van der Waals surface area contributed by atoms with Crippen LogP contribution in [0, 0.1) is 13.8 Å². The van der Waals surface area contributed by atoms with Gasteiger partial charge in [0.25, 0.3) is 0 Å². The standard InChI is InChI=1S/C16H20N4O3S/c1-10-11(2)24-16-14(10)15(17-9-18-16)20-7-5-19(6-8-20)12(21)3-4-13(22)23/h9H,3-8H2,1-2H3,(H,22,23). The van der Waals surface area contributed by atoms with E-state index >= 15 is 0 Å². The molecule has 1 aliphatic rings. The fourth-order valence-corrected chi connectivity index (χ4v) is 3.93. The summed E-state index contributed by atoms with van der Waals surface area (Å²) in [5.74, 6) is -0.0967. The van der Waals surface area contributed by atoms with E-state index < -0.39 is 5.97 Å². The van der Waals surface area contributed by atoms with Gasteiger partial charge in [-0.2, -0.15) is 0 Å². The predicted octanol–water partition coefficient (Wildman–Crippen LogP) is 1.82. The monoisotopic (exact) mass is 348 g/mol. The Morgan fingerprint density at radius 2 is 1.88 bits per heavy atom. The molecule has 0 bridgehead atoms. The average molecular weight is 348 g/mol. The number of amides is 1. The summed E-state index contributed by atoms with van der Waals surface area (Å²) in [5.41, 5.74) is 1.21. The smallest absolute Gasteiger partial charge is 0.303 e. The maximum Gasteiger partial charge on any atom is 0.303 e. The van der Waals surface area contributed by atoms with Crippen LogP contribution >= 0.6 is 11.3 Å². The highest BCUT2D eigenvalue weighted by atomic mass is 32.1. The molecule has 2 aromatic rings. The zero-order valence-electron chi connectivity index (χ0n) is 13.8. The van der Waals surface area contributed by atoms with Crippen molar-refractivity contribution in [2.45, 2.75) is 26.7 Å². The number of carboxylic acids is 1. The summed E-state index contributed by atoms with van der Waals surface area (Å²) in [6, 6.07) is 0. The van der Waals surface area contributed by atoms with Crippen LogP contribution in [0.3, 0.4) is 0 Å². The molecule has 0 spiro atoms. The van der Waals surface area contributed by atoms with E-state index in [1.807, 2.05) is 0 Å². The van der Waals surface area contributed by atoms with Crippen LogP contribution in [-0.4, -0.2) is 58.0 Å². The summed E-state index contributed by atoms with van der Waals surface area (Å²) < 4.78 is 0. The fourth-order valence-electron chi connectivity index (χ4n) is 2.94. The van der Waals surface area contributed by atoms with Crippen LogP contribution in [-0.2, 0) is 9.59 Å². The Labute approximate surface area is 143 Å². The summed E-state index contributed by atoms with van der Waals surface area (Å²) in [7, 11) is 0. The fraction of sp³-hybridized carbons (Fsp3) is 0.500. The van der Waals surface area contributed by atoms with Crippen molar-refractivity contribution in [3.8, 4) is 0 Å². The predicted molar refractivity (Wildman–Crippen MR) is 92.6 cm³/mol. The van der Waals surface area contributed by atoms with Gasteiger partial charge >= 0.3 is 5.97 Å². The number of hydrogen-bond acceptors (Lipinski definition) is 6. The summed E-state index contributed by atoms with van der Waals surface area (Å²) in [4.78, 5) is 37.6. The third-order valence-electron chi connectivity index (χ3n) is 4.43. The van der Waals surface area contributed by atoms with Crippen molar-refractivity contribution < 1.29 is 14.7 Å². The quantitative estimate of drug-likeness (QED) is 0.907. The lowest BCUT2D eigenvalue weighted by Gasteiger charge is -2.35. The first kappa shape index (κ1) is 16.6. The summed E-state index contributed by atoms with van der Waals surface area (Å²) in [5, 5.41) is 9.79. The van der Waals surface area contributed by atoms with E-state index in [0.29, 0.717) is 26.2 Å². The molecule has 0 atom stereocenters. The van der Waals surface area contributed by atoms with E-state index in [1.54, 1.807) is 22.6 Å². The molecule has 0 aromatic carbocycles. The number of piperazine rings is 1. The van der Waals surface area contributed by atoms with Crippen molar-refractivity contribution in [1.82, 2.24) is 14.9 Å². The van der Waals surface area contributed by atoms with Gasteiger partial charge in [-0.1, -0.05) is 0 Å². The van der Waals surface area contributed by atoms with Gasteiger partial charge in [-0.25, -0.2) is 9.97 Å². The van der Waals surface area contributed by atoms with Gasteiger partial charge in [-0.15, -0.1) is 11.3 Å². The minimum absolute atomic E-state index is 0.0654. The molecular formula is C16H20N4O3S. The summed E-state index contributed by atoms with van der Waals surface area (Å²) >= 11 is 1.67. The maximum atomic E-state index is 12.0. The van der Waals surface area contributed by atoms with Crippen molar-refractivity contribution >= 4 is 39.2 Å². The lowest BCUT2D eigenvalue weighted by molar-refractivity contribution is -0.141. The number of thiophene rings is 1. The van der Waals surface area contributed by atoms with E-state index in [2.05, 4.69) is 28.7 Å². The van der Waals surface area contributed by atoms with Crippen LogP contribution in [0.25, 0.3) is 10.2 Å². The molecule has 8 heteroatoms. The number of fused-ring (bicyclic) bond motifs is 1. The molecule has 1 fully saturated rings. The number of aromatic nitrogens is 2. The highest BCUT2D eigenvalue weighted by Gasteiger charge is 2.24. The van der Waals surface area contributed by atoms with Crippen LogP contribution in [0.5, 0.6) is 0 Å². The second-order valence-electron chi connectivity index (χ2n) is 5.92. The topological polar surface area (TPSA) is 86.6 Å². The Hall–Kier alpha value is -2.22. The zero-order chi connectivity index (χ0) is 17.3. The van der Waals surface area contributed by atoms with Gasteiger partial charge in [0.15, 0.2) is 0 Å². The van der Waals surface area contributed by atoms with Crippen molar-refractivity contribution in [1.29, 1.82) is 0 Å². The van der Waals surface area contributed by atoms with Gasteiger partial charge in [-0.05, 0) is 19.4 Å². The van der Waals surface area contributed by atoms with E-state index in [4.69, 9.17) is 5.11 Å². The molecule has 3 rings (SSSR count). The summed E-state index contributed by atoms with van der Waals surface area (Å²) in [6.07, 6.45) is 1.55. The molecular weight excluding hydrogens is 328 g/mol. The highest BCUT2D eigenvalue weighted by Crippen LogP contribution is 2.34. The van der Waals surface area contributed by atoms with Crippen LogP contribution in [0.4, 0.5) is 5.82 Å². The zero-order valence-corrected chi connectivity index (χ0v) is 14.6. The van der Waals surface area contributed by atoms with Crippen molar-refractivity contribution in [2.24, 2.45) is 0 Å². The molecule has 2 aromatic heterocycles. The van der Waals surface area contributed by atoms with Gasteiger partial charge in [-0.3, -0.25) is 9.59 Å². The average Bonchev–Trinajstić information content (AvgIpc) is 2.87. The molecule has 1 amide bonds. The first-order valence-electron chi connectivity index (χ1n) is 7.92. The second-order valence-corrected chi connectivity index (χ2v) is 7.13. The molecule has 1 N–H and O–H groups in total. The lowest BCUT2D eigenvalue weighted by atomic mass is 10.2. The van der Waals surface area contributed by atoms with Crippen LogP contribution < -0.4 is 4.90 Å². The number of carboxylic acid groups (broad SMARTS) is 1. The first-order valence-corrected chi connectivity index (χ1v) is 8.74. The maximum absolute atomic E-state index is 12.0. The Balaban J connectivity index is 1.71. The van der Waals surface area contributed by atoms with E-state index in [-0.39, 0.29) is 18.7 Å². The number of anilines is 1. The Kier molecular flexibility index (Phi) is 4.66. The molecule has 3 heterocycles. The molecule has 0 aliphatic carbocycles. The van der Waals surface area contributed by atoms with Gasteiger partial charge in [0.1, 0.15) is 17.0 Å². The van der Waals surface area contributed by atoms with E-state index in [9.17, 15) is 9.59 Å². The third kappa shape index (κ3) is 3.19. The normalized spacial score (nSPS) is 15.1. The SMILES string of the molecule is Cc1sc2ncnc(N3CCN(C(=O)CCC(=O)O)CC3)c2c1C. The Bertz CT molecular complexity index is 781. The number of carbonyl (C=O) groups is 2. The molecule has 0 saturated carbocycles. The van der Waals surface area contributed by atoms with Crippen LogP contribution in [0.1, 0.15) is 23.3 Å². The minimum atomic E-state index is -0.936. The number of nitrogens with zero attached hydrogens (tertiary/aromatic N) is 4. The van der Waals surface area contributed by atoms with E-state index in [0.717, 1.165) is 16.0 Å². The lowest BCUT2D eigenvalue weighted by Crippen LogP contribution is -2.49. The molecule has 128 valence electrons. The molecule has 7 nitrogen and oxygen atoms in total. The molecule has 1 aliphatic heterocycles. The van der Waals surface area contributed by atoms with Crippen molar-refractivity contribution in [2.75, 3.05) is 31.1 Å². The van der Waals surface area contributed by atoms with Gasteiger partial charge in [0.05, 0.1) is 11.8 Å². The number of hydrogen-bond donors (Lipinski definition) is 1. The van der Waals surface area contributed by atoms with Crippen LogP contribution in [0.2, 0.25) is 0 Å². The minimum Gasteiger partial charge on any atom is -0.481 e. The molecule has 0 radical (unpaired) electrons. The molecule has 1 saturated heterocycles. The Morgan fingerprint density at radius 3 is 2.54 bits per heavy atom. The second kappa shape index (κ2) is 6.72. The van der Waals surface area contributed by atoms with Gasteiger partial charge in [0, 0.05) is 37.5 Å². The van der Waals surface area contributed by atoms with Gasteiger partial charge in [0.2, 0.25) is 5.91 Å². The largest absolute Gasteiger partial charge is 0.481 e. The molecule has 0 unspecified atom stereocenters. The number of rotatable bonds is 4. The molecule has 24 heavy (non-hydrogen) atoms. The third-order valence-corrected chi connectivity index (χ3v) is 5.55. The number of aryl methyl sites for hydroxylation is 2. The van der Waals surface area contributed by atoms with Crippen molar-refractivity contribution in [3.05, 3.63) is 16.8 Å². The number of aliphatic carboxylic acids is 1. The van der Waals surface area contributed by atoms with E-state index in [1.165, 1.54) is 10.4 Å². The van der Waals surface area contributed by atoms with Crippen molar-refractivity contribution in [3.63, 3.8) is 0 Å². The first-order chi connectivity index (χ1) is 11.5. The highest BCUT2D eigenvalue weighted by molar-refractivity contribution is 7.18. The van der Waals surface area contributed by atoms with Crippen LogP contribution in [0.15, 0.2) is 6.33 Å². The van der Waals surface area contributed by atoms with Gasteiger partial charge < -0.3 is 14.9 Å².